The van der Waals surface area contributed by atoms with E-state index in [0.29, 0.717) is 31.2 Å². The molecule has 0 radical (unpaired) electrons. The van der Waals surface area contributed by atoms with E-state index in [9.17, 15) is 9.59 Å². The van der Waals surface area contributed by atoms with Crippen molar-refractivity contribution in [2.45, 2.75) is 58.4 Å². The van der Waals surface area contributed by atoms with Crippen molar-refractivity contribution in [1.82, 2.24) is 15.1 Å². The molecule has 0 aliphatic carbocycles. The van der Waals surface area contributed by atoms with Crippen LogP contribution in [0.2, 0.25) is 0 Å². The monoisotopic (exact) mass is 353 g/mol. The van der Waals surface area contributed by atoms with Crippen LogP contribution in [0.15, 0.2) is 0 Å². The molecule has 0 aromatic carbocycles. The second-order valence-electron chi connectivity index (χ2n) is 7.29. The predicted octanol–water partition coefficient (Wildman–Crippen LogP) is 1.64. The van der Waals surface area contributed by atoms with Gasteiger partial charge in [-0.05, 0) is 45.4 Å². The number of rotatable bonds is 9. The highest BCUT2D eigenvalue weighted by Crippen LogP contribution is 2.17. The fourth-order valence-corrected chi connectivity index (χ4v) is 3.79. The molecule has 2 heterocycles. The Morgan fingerprint density at radius 2 is 1.84 bits per heavy atom. The molecule has 2 amide bonds. The molecule has 6 nitrogen and oxygen atoms in total. The van der Waals surface area contributed by atoms with Crippen LogP contribution in [0.5, 0.6) is 0 Å². The summed E-state index contributed by atoms with van der Waals surface area (Å²) in [7, 11) is 0. The molecule has 1 unspecified atom stereocenters. The van der Waals surface area contributed by atoms with Gasteiger partial charge < -0.3 is 19.9 Å². The first-order chi connectivity index (χ1) is 12.1. The van der Waals surface area contributed by atoms with Gasteiger partial charge in [0.15, 0.2) is 0 Å². The molecule has 0 aromatic rings. The van der Waals surface area contributed by atoms with Crippen LogP contribution in [0.3, 0.4) is 0 Å². The van der Waals surface area contributed by atoms with Crippen LogP contribution in [0.1, 0.15) is 52.4 Å². The molecule has 1 N–H and O–H groups in total. The maximum absolute atomic E-state index is 12.1. The first-order valence-electron chi connectivity index (χ1n) is 9.99. The lowest BCUT2D eigenvalue weighted by Gasteiger charge is -2.33. The molecule has 6 heteroatoms. The number of carbonyl (C=O) groups is 2. The van der Waals surface area contributed by atoms with E-state index in [2.05, 4.69) is 10.2 Å². The molecule has 0 saturated carbocycles. The number of hydrogen-bond acceptors (Lipinski definition) is 4. The zero-order chi connectivity index (χ0) is 18.1. The Balaban J connectivity index is 1.56. The minimum atomic E-state index is 0.0926. The van der Waals surface area contributed by atoms with Gasteiger partial charge in [-0.1, -0.05) is 0 Å². The Labute approximate surface area is 152 Å². The van der Waals surface area contributed by atoms with Crippen molar-refractivity contribution < 1.29 is 14.3 Å². The van der Waals surface area contributed by atoms with Gasteiger partial charge in [0.1, 0.15) is 0 Å². The van der Waals surface area contributed by atoms with Crippen LogP contribution in [0.25, 0.3) is 0 Å². The van der Waals surface area contributed by atoms with Crippen molar-refractivity contribution in [3.8, 4) is 0 Å². The first-order valence-corrected chi connectivity index (χ1v) is 9.99. The Morgan fingerprint density at radius 1 is 1.12 bits per heavy atom. The lowest BCUT2D eigenvalue weighted by Crippen LogP contribution is -2.45. The van der Waals surface area contributed by atoms with E-state index in [1.165, 1.54) is 6.42 Å². The fourth-order valence-electron chi connectivity index (χ4n) is 3.79. The standard InChI is InChI=1S/C19H35N3O3/c1-3-22(4-2)19(24)7-5-6-18(23)20-17-8-11-21(12-9-17)14-16-10-13-25-15-16/h16-17H,3-15H2,1-2H3,(H,20,23). The van der Waals surface area contributed by atoms with Crippen LogP contribution in [-0.4, -0.2) is 73.6 Å². The zero-order valence-electron chi connectivity index (χ0n) is 16.0. The highest BCUT2D eigenvalue weighted by Gasteiger charge is 2.24. The molecular weight excluding hydrogens is 318 g/mol. The Kier molecular flexibility index (Phi) is 8.68. The van der Waals surface area contributed by atoms with Gasteiger partial charge in [0.05, 0.1) is 6.61 Å². The van der Waals surface area contributed by atoms with E-state index in [0.717, 1.165) is 58.8 Å². The Morgan fingerprint density at radius 3 is 2.44 bits per heavy atom. The topological polar surface area (TPSA) is 61.9 Å². The van der Waals surface area contributed by atoms with E-state index < -0.39 is 0 Å². The maximum Gasteiger partial charge on any atom is 0.222 e. The van der Waals surface area contributed by atoms with Gasteiger partial charge in [-0.25, -0.2) is 0 Å². The van der Waals surface area contributed by atoms with E-state index in [-0.39, 0.29) is 11.8 Å². The summed E-state index contributed by atoms with van der Waals surface area (Å²) in [6.45, 7) is 10.5. The number of piperidine rings is 1. The molecule has 0 aromatic heterocycles. The van der Waals surface area contributed by atoms with Crippen molar-refractivity contribution in [3.63, 3.8) is 0 Å². The second-order valence-corrected chi connectivity index (χ2v) is 7.29. The molecule has 2 aliphatic rings. The lowest BCUT2D eigenvalue weighted by atomic mass is 10.0. The summed E-state index contributed by atoms with van der Waals surface area (Å²) < 4.78 is 5.45. The molecular formula is C19H35N3O3. The Bertz CT molecular complexity index is 412. The summed E-state index contributed by atoms with van der Waals surface area (Å²) >= 11 is 0. The molecule has 2 saturated heterocycles. The molecule has 0 spiro atoms. The van der Waals surface area contributed by atoms with Crippen LogP contribution >= 0.6 is 0 Å². The van der Waals surface area contributed by atoms with Crippen molar-refractivity contribution in [1.29, 1.82) is 0 Å². The number of amides is 2. The van der Waals surface area contributed by atoms with Gasteiger partial charge in [-0.2, -0.15) is 0 Å². The van der Waals surface area contributed by atoms with E-state index in [1.807, 2.05) is 18.7 Å². The summed E-state index contributed by atoms with van der Waals surface area (Å²) in [6, 6.07) is 0.294. The average Bonchev–Trinajstić information content (AvgIpc) is 3.11. The molecule has 2 fully saturated rings. The Hall–Kier alpha value is -1.14. The number of hydrogen-bond donors (Lipinski definition) is 1. The first kappa shape index (κ1) is 20.2. The zero-order valence-corrected chi connectivity index (χ0v) is 16.0. The summed E-state index contributed by atoms with van der Waals surface area (Å²) in [4.78, 5) is 28.4. The molecule has 144 valence electrons. The van der Waals surface area contributed by atoms with E-state index >= 15 is 0 Å². The number of nitrogens with zero attached hydrogens (tertiary/aromatic N) is 2. The van der Waals surface area contributed by atoms with Crippen molar-refractivity contribution in [2.75, 3.05) is 45.9 Å². The minimum Gasteiger partial charge on any atom is -0.381 e. The van der Waals surface area contributed by atoms with Gasteiger partial charge in [-0.3, -0.25) is 9.59 Å². The average molecular weight is 354 g/mol. The lowest BCUT2D eigenvalue weighted by molar-refractivity contribution is -0.131. The molecule has 2 rings (SSSR count). The summed E-state index contributed by atoms with van der Waals surface area (Å²) in [5.74, 6) is 0.937. The third kappa shape index (κ3) is 6.94. The molecule has 2 aliphatic heterocycles. The fraction of sp³-hybridized carbons (Fsp3) is 0.895. The van der Waals surface area contributed by atoms with Gasteiger partial charge in [0.25, 0.3) is 0 Å². The third-order valence-electron chi connectivity index (χ3n) is 5.40. The second kappa shape index (κ2) is 10.8. The van der Waals surface area contributed by atoms with Crippen LogP contribution in [0, 0.1) is 5.92 Å². The summed E-state index contributed by atoms with van der Waals surface area (Å²) in [5, 5.41) is 3.15. The number of ether oxygens (including phenoxy) is 1. The maximum atomic E-state index is 12.1. The highest BCUT2D eigenvalue weighted by atomic mass is 16.5. The van der Waals surface area contributed by atoms with Gasteiger partial charge >= 0.3 is 0 Å². The highest BCUT2D eigenvalue weighted by molar-refractivity contribution is 5.79. The number of likely N-dealkylation sites (tertiary alicyclic amines) is 1. The largest absolute Gasteiger partial charge is 0.381 e. The predicted molar refractivity (Wildman–Crippen MR) is 98.3 cm³/mol. The van der Waals surface area contributed by atoms with Gasteiger partial charge in [-0.15, -0.1) is 0 Å². The van der Waals surface area contributed by atoms with Crippen molar-refractivity contribution in [2.24, 2.45) is 5.92 Å². The molecule has 0 bridgehead atoms. The molecule has 1 atom stereocenters. The van der Waals surface area contributed by atoms with Gasteiger partial charge in [0.2, 0.25) is 11.8 Å². The SMILES string of the molecule is CCN(CC)C(=O)CCCC(=O)NC1CCN(CC2CCOC2)CC1. The number of nitrogens with one attached hydrogen (secondary N) is 1. The molecule has 25 heavy (non-hydrogen) atoms. The van der Waals surface area contributed by atoms with Crippen molar-refractivity contribution in [3.05, 3.63) is 0 Å². The van der Waals surface area contributed by atoms with Crippen LogP contribution < -0.4 is 5.32 Å². The van der Waals surface area contributed by atoms with E-state index in [1.54, 1.807) is 0 Å². The van der Waals surface area contributed by atoms with Crippen molar-refractivity contribution >= 4 is 11.8 Å². The summed E-state index contributed by atoms with van der Waals surface area (Å²) in [5.41, 5.74) is 0. The van der Waals surface area contributed by atoms with E-state index in [4.69, 9.17) is 4.74 Å². The summed E-state index contributed by atoms with van der Waals surface area (Å²) in [6.07, 6.45) is 4.80. The van der Waals surface area contributed by atoms with Crippen LogP contribution in [0.4, 0.5) is 0 Å². The number of carbonyl (C=O) groups excluding carboxylic acids is 2. The smallest absolute Gasteiger partial charge is 0.222 e. The van der Waals surface area contributed by atoms with Crippen LogP contribution in [-0.2, 0) is 14.3 Å². The third-order valence-corrected chi connectivity index (χ3v) is 5.40. The minimum absolute atomic E-state index is 0.0926. The van der Waals surface area contributed by atoms with Gasteiger partial charge in [0, 0.05) is 58.2 Å². The normalized spacial score (nSPS) is 22.1. The quantitative estimate of drug-likeness (QED) is 0.685.